The van der Waals surface area contributed by atoms with E-state index in [2.05, 4.69) is 22.4 Å². The van der Waals surface area contributed by atoms with Gasteiger partial charge in [0.15, 0.2) is 0 Å². The molecule has 4 heteroatoms. The Hall–Kier alpha value is 0.230. The van der Waals surface area contributed by atoms with Gasteiger partial charge in [0.2, 0.25) is 0 Å². The fourth-order valence-electron chi connectivity index (χ4n) is 1.89. The fraction of sp³-hybridized carbons (Fsp3) is 1.00. The Morgan fingerprint density at radius 1 is 1.31 bits per heavy atom. The summed E-state index contributed by atoms with van der Waals surface area (Å²) in [6.07, 6.45) is 4.02. The molecule has 2 rings (SSSR count). The van der Waals surface area contributed by atoms with E-state index in [1.165, 1.54) is 37.3 Å². The van der Waals surface area contributed by atoms with Crippen LogP contribution in [0.5, 0.6) is 0 Å². The minimum Gasteiger partial charge on any atom is -0.380 e. The van der Waals surface area contributed by atoms with Crippen molar-refractivity contribution in [3.63, 3.8) is 0 Å². The molecule has 94 valence electrons. The van der Waals surface area contributed by atoms with E-state index in [9.17, 15) is 0 Å². The molecule has 16 heavy (non-hydrogen) atoms. The van der Waals surface area contributed by atoms with E-state index in [1.807, 2.05) is 0 Å². The lowest BCUT2D eigenvalue weighted by atomic mass is 10.2. The molecule has 1 atom stereocenters. The summed E-state index contributed by atoms with van der Waals surface area (Å²) >= 11 is 2.07. The Kier molecular flexibility index (Phi) is 5.97. The van der Waals surface area contributed by atoms with Crippen molar-refractivity contribution in [2.24, 2.45) is 5.92 Å². The van der Waals surface area contributed by atoms with E-state index < -0.39 is 0 Å². The Morgan fingerprint density at radius 3 is 3.00 bits per heavy atom. The summed E-state index contributed by atoms with van der Waals surface area (Å²) < 4.78 is 5.57. The van der Waals surface area contributed by atoms with Crippen LogP contribution < -0.4 is 10.6 Å². The molecule has 2 fully saturated rings. The first-order valence-corrected chi connectivity index (χ1v) is 7.70. The van der Waals surface area contributed by atoms with Gasteiger partial charge >= 0.3 is 0 Å². The molecule has 2 aliphatic rings. The fourth-order valence-corrected chi connectivity index (χ4v) is 2.88. The van der Waals surface area contributed by atoms with E-state index in [1.54, 1.807) is 0 Å². The standard InChI is InChI=1S/C12H24N2OS/c1-2-11(1)9-15-7-5-13-4-3-12-10-16-8-6-14-12/h11-14H,1-10H2. The van der Waals surface area contributed by atoms with Gasteiger partial charge in [0.1, 0.15) is 0 Å². The average molecular weight is 244 g/mol. The van der Waals surface area contributed by atoms with Crippen LogP contribution in [-0.4, -0.2) is 50.4 Å². The van der Waals surface area contributed by atoms with Gasteiger partial charge in [-0.1, -0.05) is 0 Å². The molecule has 1 saturated heterocycles. The monoisotopic (exact) mass is 244 g/mol. The predicted molar refractivity (Wildman–Crippen MR) is 70.1 cm³/mol. The Morgan fingerprint density at radius 2 is 2.25 bits per heavy atom. The molecule has 1 unspecified atom stereocenters. The van der Waals surface area contributed by atoms with E-state index in [0.717, 1.165) is 38.3 Å². The topological polar surface area (TPSA) is 33.3 Å². The van der Waals surface area contributed by atoms with Crippen molar-refractivity contribution in [1.29, 1.82) is 0 Å². The molecule has 3 nitrogen and oxygen atoms in total. The molecular formula is C12H24N2OS. The lowest BCUT2D eigenvalue weighted by Gasteiger charge is -2.23. The van der Waals surface area contributed by atoms with Crippen molar-refractivity contribution in [2.45, 2.75) is 25.3 Å². The van der Waals surface area contributed by atoms with E-state index >= 15 is 0 Å². The highest BCUT2D eigenvalue weighted by Gasteiger charge is 2.20. The molecule has 0 aromatic carbocycles. The van der Waals surface area contributed by atoms with Crippen LogP contribution in [0, 0.1) is 5.92 Å². The van der Waals surface area contributed by atoms with Crippen molar-refractivity contribution in [1.82, 2.24) is 10.6 Å². The molecule has 0 aromatic heterocycles. The number of ether oxygens (including phenoxy) is 1. The molecule has 1 saturated carbocycles. The molecular weight excluding hydrogens is 220 g/mol. The molecule has 0 bridgehead atoms. The second-order valence-corrected chi connectivity index (χ2v) is 5.93. The first kappa shape index (κ1) is 12.7. The summed E-state index contributed by atoms with van der Waals surface area (Å²) in [7, 11) is 0. The largest absolute Gasteiger partial charge is 0.380 e. The first-order chi connectivity index (χ1) is 7.95. The molecule has 0 aromatic rings. The van der Waals surface area contributed by atoms with Crippen LogP contribution in [0.4, 0.5) is 0 Å². The highest BCUT2D eigenvalue weighted by molar-refractivity contribution is 7.99. The Labute approximate surface area is 103 Å². The van der Waals surface area contributed by atoms with Crippen LogP contribution in [-0.2, 0) is 4.74 Å². The summed E-state index contributed by atoms with van der Waals surface area (Å²) in [5.74, 6) is 3.45. The van der Waals surface area contributed by atoms with Gasteiger partial charge in [0, 0.05) is 37.2 Å². The van der Waals surface area contributed by atoms with Gasteiger partial charge in [-0.25, -0.2) is 0 Å². The third-order valence-corrected chi connectivity index (χ3v) is 4.27. The zero-order chi connectivity index (χ0) is 11.1. The third kappa shape index (κ3) is 5.53. The molecule has 1 aliphatic carbocycles. The lowest BCUT2D eigenvalue weighted by molar-refractivity contribution is 0.126. The highest BCUT2D eigenvalue weighted by atomic mass is 32.2. The number of nitrogens with one attached hydrogen (secondary N) is 2. The quantitative estimate of drug-likeness (QED) is 0.627. The molecule has 2 N–H and O–H groups in total. The van der Waals surface area contributed by atoms with Crippen LogP contribution in [0.15, 0.2) is 0 Å². The van der Waals surface area contributed by atoms with Crippen LogP contribution in [0.1, 0.15) is 19.3 Å². The van der Waals surface area contributed by atoms with Gasteiger partial charge in [-0.05, 0) is 31.7 Å². The summed E-state index contributed by atoms with van der Waals surface area (Å²) in [4.78, 5) is 0. The first-order valence-electron chi connectivity index (χ1n) is 6.55. The maximum absolute atomic E-state index is 5.57. The predicted octanol–water partition coefficient (Wildman–Crippen LogP) is 1.10. The minimum absolute atomic E-state index is 0.721. The summed E-state index contributed by atoms with van der Waals surface area (Å²) in [5, 5.41) is 7.00. The summed E-state index contributed by atoms with van der Waals surface area (Å²) in [6, 6.07) is 0.721. The lowest BCUT2D eigenvalue weighted by Crippen LogP contribution is -2.39. The molecule has 1 heterocycles. The summed E-state index contributed by atoms with van der Waals surface area (Å²) in [6.45, 7) is 5.17. The maximum Gasteiger partial charge on any atom is 0.0591 e. The van der Waals surface area contributed by atoms with Gasteiger partial charge in [0.25, 0.3) is 0 Å². The van der Waals surface area contributed by atoms with E-state index in [0.29, 0.717) is 0 Å². The molecule has 0 radical (unpaired) electrons. The zero-order valence-electron chi connectivity index (χ0n) is 10.0. The van der Waals surface area contributed by atoms with E-state index in [4.69, 9.17) is 4.74 Å². The number of hydrogen-bond acceptors (Lipinski definition) is 4. The van der Waals surface area contributed by atoms with Gasteiger partial charge < -0.3 is 15.4 Å². The molecule has 1 aliphatic heterocycles. The van der Waals surface area contributed by atoms with Gasteiger partial charge in [-0.2, -0.15) is 11.8 Å². The third-order valence-electron chi connectivity index (χ3n) is 3.14. The smallest absolute Gasteiger partial charge is 0.0591 e. The van der Waals surface area contributed by atoms with Crippen LogP contribution in [0.2, 0.25) is 0 Å². The number of hydrogen-bond donors (Lipinski definition) is 2. The van der Waals surface area contributed by atoms with Crippen molar-refractivity contribution in [3.8, 4) is 0 Å². The maximum atomic E-state index is 5.57. The number of thioether (sulfide) groups is 1. The van der Waals surface area contributed by atoms with Crippen molar-refractivity contribution < 1.29 is 4.74 Å². The normalized spacial score (nSPS) is 25.9. The van der Waals surface area contributed by atoms with Crippen molar-refractivity contribution in [3.05, 3.63) is 0 Å². The zero-order valence-corrected chi connectivity index (χ0v) is 10.9. The van der Waals surface area contributed by atoms with Gasteiger partial charge in [-0.3, -0.25) is 0 Å². The van der Waals surface area contributed by atoms with Gasteiger partial charge in [-0.15, -0.1) is 0 Å². The summed E-state index contributed by atoms with van der Waals surface area (Å²) in [5.41, 5.74) is 0. The Balaban J connectivity index is 1.33. The second kappa shape index (κ2) is 7.54. The van der Waals surface area contributed by atoms with Crippen LogP contribution in [0.3, 0.4) is 0 Å². The minimum atomic E-state index is 0.721. The highest BCUT2D eigenvalue weighted by Crippen LogP contribution is 2.28. The van der Waals surface area contributed by atoms with E-state index in [-0.39, 0.29) is 0 Å². The van der Waals surface area contributed by atoms with Gasteiger partial charge in [0.05, 0.1) is 6.61 Å². The Bertz CT molecular complexity index is 182. The van der Waals surface area contributed by atoms with Crippen LogP contribution >= 0.6 is 11.8 Å². The average Bonchev–Trinajstić information content (AvgIpc) is 3.13. The number of rotatable bonds is 8. The van der Waals surface area contributed by atoms with Crippen LogP contribution in [0.25, 0.3) is 0 Å². The molecule has 0 spiro atoms. The van der Waals surface area contributed by atoms with Crippen molar-refractivity contribution >= 4 is 11.8 Å². The SMILES string of the molecule is C(COCC1CC1)NCCC1CSCCN1. The van der Waals surface area contributed by atoms with Crippen molar-refractivity contribution in [2.75, 3.05) is 44.4 Å². The second-order valence-electron chi connectivity index (χ2n) is 4.78. The molecule has 0 amide bonds.